The summed E-state index contributed by atoms with van der Waals surface area (Å²) in [5.74, 6) is -0.510. The molecule has 0 N–H and O–H groups in total. The van der Waals surface area contributed by atoms with Crippen LogP contribution < -0.4 is 0 Å². The number of nitrogens with zero attached hydrogens (tertiary/aromatic N) is 1. The summed E-state index contributed by atoms with van der Waals surface area (Å²) in [4.78, 5) is 3.47. The summed E-state index contributed by atoms with van der Waals surface area (Å²) in [6, 6.07) is 2.83. The van der Waals surface area contributed by atoms with E-state index in [9.17, 15) is 4.39 Å². The molecule has 1 aliphatic rings. The predicted octanol–water partition coefficient (Wildman–Crippen LogP) is 1.74. The van der Waals surface area contributed by atoms with Crippen LogP contribution in [-0.4, -0.2) is 4.98 Å². The smallest absolute Gasteiger partial charge is 0.267 e. The molecule has 62 valence electrons. The van der Waals surface area contributed by atoms with Crippen molar-refractivity contribution >= 4 is 0 Å². The number of aromatic nitrogens is 1. The number of hydrogen-bond acceptors (Lipinski definition) is 3. The Kier molecular flexibility index (Phi) is 1.66. The first-order valence-corrected chi connectivity index (χ1v) is 3.43. The van der Waals surface area contributed by atoms with Gasteiger partial charge in [-0.3, -0.25) is 0 Å². The standard InChI is InChI=1S/C8H6FNO2/c9-7-2-1-6(5-10-7)8-11-3-4-12-8/h1-5,8H. The molecule has 1 aromatic heterocycles. The Balaban J connectivity index is 2.18. The first kappa shape index (κ1) is 7.09. The number of ether oxygens (including phenoxy) is 2. The molecule has 0 aliphatic carbocycles. The average Bonchev–Trinajstić information content (AvgIpc) is 2.58. The van der Waals surface area contributed by atoms with Crippen LogP contribution in [-0.2, 0) is 9.47 Å². The Morgan fingerprint density at radius 2 is 2.00 bits per heavy atom. The lowest BCUT2D eigenvalue weighted by atomic mass is 10.3. The van der Waals surface area contributed by atoms with Crippen LogP contribution in [0.2, 0.25) is 0 Å². The SMILES string of the molecule is Fc1ccc(C2OC=CO2)cn1. The third kappa shape index (κ3) is 1.23. The lowest BCUT2D eigenvalue weighted by Crippen LogP contribution is -1.98. The van der Waals surface area contributed by atoms with E-state index in [1.54, 1.807) is 6.07 Å². The van der Waals surface area contributed by atoms with Crippen LogP contribution in [0.5, 0.6) is 0 Å². The predicted molar refractivity (Wildman–Crippen MR) is 38.2 cm³/mol. The first-order chi connectivity index (χ1) is 5.86. The quantitative estimate of drug-likeness (QED) is 0.597. The summed E-state index contributed by atoms with van der Waals surface area (Å²) >= 11 is 0. The van der Waals surface area contributed by atoms with E-state index >= 15 is 0 Å². The molecule has 0 bridgehead atoms. The summed E-state index contributed by atoms with van der Waals surface area (Å²) in [5.41, 5.74) is 0.696. The van der Waals surface area contributed by atoms with E-state index in [2.05, 4.69) is 4.98 Å². The Morgan fingerprint density at radius 3 is 2.58 bits per heavy atom. The highest BCUT2D eigenvalue weighted by Crippen LogP contribution is 2.22. The van der Waals surface area contributed by atoms with Crippen molar-refractivity contribution in [3.05, 3.63) is 42.4 Å². The average molecular weight is 167 g/mol. The van der Waals surface area contributed by atoms with Gasteiger partial charge in [-0.05, 0) is 12.1 Å². The topological polar surface area (TPSA) is 31.4 Å². The second-order valence-corrected chi connectivity index (χ2v) is 2.29. The first-order valence-electron chi connectivity index (χ1n) is 3.43. The van der Waals surface area contributed by atoms with Crippen LogP contribution in [0.15, 0.2) is 30.9 Å². The monoisotopic (exact) mass is 167 g/mol. The van der Waals surface area contributed by atoms with Crippen LogP contribution in [0.25, 0.3) is 0 Å². The van der Waals surface area contributed by atoms with Gasteiger partial charge in [-0.2, -0.15) is 4.39 Å². The molecule has 2 heterocycles. The molecule has 0 saturated heterocycles. The lowest BCUT2D eigenvalue weighted by Gasteiger charge is -2.08. The number of halogens is 1. The van der Waals surface area contributed by atoms with Crippen molar-refractivity contribution in [2.45, 2.75) is 6.29 Å². The van der Waals surface area contributed by atoms with Gasteiger partial charge in [-0.25, -0.2) is 4.98 Å². The summed E-state index contributed by atoms with van der Waals surface area (Å²) in [6.45, 7) is 0. The second kappa shape index (κ2) is 2.81. The molecule has 3 nitrogen and oxygen atoms in total. The van der Waals surface area contributed by atoms with Gasteiger partial charge >= 0.3 is 0 Å². The maximum absolute atomic E-state index is 12.4. The van der Waals surface area contributed by atoms with Crippen molar-refractivity contribution in [1.82, 2.24) is 4.98 Å². The molecule has 12 heavy (non-hydrogen) atoms. The van der Waals surface area contributed by atoms with Crippen molar-refractivity contribution in [2.75, 3.05) is 0 Å². The van der Waals surface area contributed by atoms with Gasteiger partial charge in [-0.1, -0.05) is 0 Å². The van der Waals surface area contributed by atoms with E-state index < -0.39 is 12.2 Å². The molecule has 1 aliphatic heterocycles. The highest BCUT2D eigenvalue weighted by Gasteiger charge is 2.15. The van der Waals surface area contributed by atoms with Crippen LogP contribution in [0, 0.1) is 5.95 Å². The molecule has 0 aromatic carbocycles. The minimum atomic E-state index is -0.510. The molecule has 4 heteroatoms. The van der Waals surface area contributed by atoms with Gasteiger partial charge < -0.3 is 9.47 Å². The summed E-state index contributed by atoms with van der Waals surface area (Å²) in [7, 11) is 0. The van der Waals surface area contributed by atoms with Crippen molar-refractivity contribution < 1.29 is 13.9 Å². The van der Waals surface area contributed by atoms with Crippen LogP contribution in [0.3, 0.4) is 0 Å². The molecule has 0 atom stereocenters. The van der Waals surface area contributed by atoms with E-state index in [1.165, 1.54) is 24.8 Å². The fraction of sp³-hybridized carbons (Fsp3) is 0.125. The van der Waals surface area contributed by atoms with E-state index in [1.807, 2.05) is 0 Å². The molecular weight excluding hydrogens is 161 g/mol. The Bertz CT molecular complexity index is 288. The third-order valence-corrected chi connectivity index (χ3v) is 1.48. The number of pyridine rings is 1. The van der Waals surface area contributed by atoms with Crippen LogP contribution in [0.1, 0.15) is 11.9 Å². The molecule has 0 radical (unpaired) electrons. The molecule has 0 fully saturated rings. The number of rotatable bonds is 1. The zero-order valence-corrected chi connectivity index (χ0v) is 6.11. The van der Waals surface area contributed by atoms with Gasteiger partial charge in [-0.15, -0.1) is 0 Å². The largest absolute Gasteiger partial charge is 0.455 e. The van der Waals surface area contributed by atoms with Crippen molar-refractivity contribution in [1.29, 1.82) is 0 Å². The highest BCUT2D eigenvalue weighted by molar-refractivity contribution is 5.12. The third-order valence-electron chi connectivity index (χ3n) is 1.48. The maximum Gasteiger partial charge on any atom is 0.267 e. The van der Waals surface area contributed by atoms with E-state index in [-0.39, 0.29) is 0 Å². The molecule has 1 aromatic rings. The zero-order valence-electron chi connectivity index (χ0n) is 6.11. The minimum Gasteiger partial charge on any atom is -0.455 e. The van der Waals surface area contributed by atoms with Gasteiger partial charge in [0.1, 0.15) is 12.5 Å². The minimum absolute atomic E-state index is 0.474. The maximum atomic E-state index is 12.4. The van der Waals surface area contributed by atoms with E-state index in [4.69, 9.17) is 9.47 Å². The van der Waals surface area contributed by atoms with Crippen molar-refractivity contribution in [3.8, 4) is 0 Å². The molecule has 0 saturated carbocycles. The zero-order chi connectivity index (χ0) is 8.39. The molecular formula is C8H6FNO2. The number of hydrogen-bond donors (Lipinski definition) is 0. The molecule has 0 amide bonds. The van der Waals surface area contributed by atoms with E-state index in [0.29, 0.717) is 5.56 Å². The van der Waals surface area contributed by atoms with Crippen molar-refractivity contribution in [3.63, 3.8) is 0 Å². The fourth-order valence-electron chi connectivity index (χ4n) is 0.923. The highest BCUT2D eigenvalue weighted by atomic mass is 19.1. The van der Waals surface area contributed by atoms with Crippen LogP contribution >= 0.6 is 0 Å². The molecule has 0 unspecified atom stereocenters. The summed E-state index contributed by atoms with van der Waals surface area (Å²) < 4.78 is 22.4. The molecule has 0 spiro atoms. The van der Waals surface area contributed by atoms with Gasteiger partial charge in [0.2, 0.25) is 5.95 Å². The van der Waals surface area contributed by atoms with Crippen LogP contribution in [0.4, 0.5) is 4.39 Å². The van der Waals surface area contributed by atoms with Gasteiger partial charge in [0, 0.05) is 6.20 Å². The Morgan fingerprint density at radius 1 is 1.25 bits per heavy atom. The Labute approximate surface area is 68.4 Å². The lowest BCUT2D eigenvalue weighted by molar-refractivity contribution is -0.0249. The summed E-state index contributed by atoms with van der Waals surface area (Å²) in [5, 5.41) is 0. The normalized spacial score (nSPS) is 15.8. The van der Waals surface area contributed by atoms with Crippen molar-refractivity contribution in [2.24, 2.45) is 0 Å². The van der Waals surface area contributed by atoms with E-state index in [0.717, 1.165) is 0 Å². The van der Waals surface area contributed by atoms with Gasteiger partial charge in [0.25, 0.3) is 6.29 Å². The molecule has 2 rings (SSSR count). The summed E-state index contributed by atoms with van der Waals surface area (Å²) in [6.07, 6.45) is 3.78. The Hall–Kier alpha value is -1.58. The fourth-order valence-corrected chi connectivity index (χ4v) is 0.923. The van der Waals surface area contributed by atoms with Gasteiger partial charge in [0.15, 0.2) is 0 Å². The second-order valence-electron chi connectivity index (χ2n) is 2.29. The van der Waals surface area contributed by atoms with Gasteiger partial charge in [0.05, 0.1) is 5.56 Å².